The van der Waals surface area contributed by atoms with Crippen molar-refractivity contribution in [2.75, 3.05) is 31.2 Å². The van der Waals surface area contributed by atoms with E-state index in [1.807, 2.05) is 0 Å². The number of hydrogen-bond donors (Lipinski definition) is 1. The van der Waals surface area contributed by atoms with Crippen LogP contribution in [0.1, 0.15) is 17.3 Å². The fraction of sp³-hybridized carbons (Fsp3) is 0.500. The molecule has 5 nitrogen and oxygen atoms in total. The van der Waals surface area contributed by atoms with Crippen molar-refractivity contribution in [3.8, 4) is 0 Å². The third-order valence-electron chi connectivity index (χ3n) is 2.32. The van der Waals surface area contributed by atoms with Crippen molar-refractivity contribution in [2.24, 2.45) is 0 Å². The molecule has 0 aliphatic rings. The zero-order valence-electron chi connectivity index (χ0n) is 10.9. The van der Waals surface area contributed by atoms with Crippen molar-refractivity contribution in [3.63, 3.8) is 0 Å². The summed E-state index contributed by atoms with van der Waals surface area (Å²) in [5.41, 5.74) is -0.0629. The first-order valence-corrected chi connectivity index (χ1v) is 5.93. The molecule has 0 radical (unpaired) electrons. The molecule has 1 aromatic heterocycles. The summed E-state index contributed by atoms with van der Waals surface area (Å²) in [6, 6.07) is 2.77. The molecule has 20 heavy (non-hydrogen) atoms. The normalized spacial score (nSPS) is 11.2. The number of aliphatic hydroxyl groups is 1. The number of ether oxygens (including phenoxy) is 1. The summed E-state index contributed by atoms with van der Waals surface area (Å²) in [5, 5.41) is 8.87. The topological polar surface area (TPSA) is 62.7 Å². The van der Waals surface area contributed by atoms with E-state index in [1.165, 1.54) is 18.3 Å². The molecule has 0 bridgehead atoms. The SMILES string of the molecule is CCOC(=O)c1cccnc1N(CCO)CC(F)(F)F. The molecular formula is C12H15F3N2O3. The molecule has 0 amide bonds. The third-order valence-corrected chi connectivity index (χ3v) is 2.32. The van der Waals surface area contributed by atoms with Crippen LogP contribution in [0.2, 0.25) is 0 Å². The monoisotopic (exact) mass is 292 g/mol. The second-order valence-electron chi connectivity index (χ2n) is 3.86. The van der Waals surface area contributed by atoms with Gasteiger partial charge >= 0.3 is 12.1 Å². The van der Waals surface area contributed by atoms with Crippen LogP contribution in [0, 0.1) is 0 Å². The van der Waals surface area contributed by atoms with Crippen molar-refractivity contribution in [1.82, 2.24) is 4.98 Å². The van der Waals surface area contributed by atoms with E-state index in [4.69, 9.17) is 9.84 Å². The fourth-order valence-corrected chi connectivity index (χ4v) is 1.61. The number of pyridine rings is 1. The summed E-state index contributed by atoms with van der Waals surface area (Å²) < 4.78 is 42.4. The molecule has 0 atom stereocenters. The molecule has 0 spiro atoms. The summed E-state index contributed by atoms with van der Waals surface area (Å²) in [6.07, 6.45) is -3.20. The first kappa shape index (κ1) is 16.2. The van der Waals surface area contributed by atoms with Crippen LogP contribution in [-0.4, -0.2) is 48.5 Å². The van der Waals surface area contributed by atoms with E-state index in [9.17, 15) is 18.0 Å². The minimum absolute atomic E-state index is 0.0629. The van der Waals surface area contributed by atoms with E-state index in [1.54, 1.807) is 6.92 Å². The van der Waals surface area contributed by atoms with E-state index < -0.39 is 25.3 Å². The number of nitrogens with zero attached hydrogens (tertiary/aromatic N) is 2. The molecule has 1 rings (SSSR count). The van der Waals surface area contributed by atoms with Crippen molar-refractivity contribution in [1.29, 1.82) is 0 Å². The summed E-state index contributed by atoms with van der Waals surface area (Å²) in [4.78, 5) is 16.3. The predicted molar refractivity (Wildman–Crippen MR) is 65.5 cm³/mol. The molecule has 0 aliphatic heterocycles. The highest BCUT2D eigenvalue weighted by Gasteiger charge is 2.32. The summed E-state index contributed by atoms with van der Waals surface area (Å²) in [6.45, 7) is -0.392. The number of esters is 1. The van der Waals surface area contributed by atoms with Gasteiger partial charge < -0.3 is 14.7 Å². The lowest BCUT2D eigenvalue weighted by molar-refractivity contribution is -0.120. The fourth-order valence-electron chi connectivity index (χ4n) is 1.61. The number of carbonyl (C=O) groups excluding carboxylic acids is 1. The van der Waals surface area contributed by atoms with E-state index in [-0.39, 0.29) is 24.5 Å². The lowest BCUT2D eigenvalue weighted by Crippen LogP contribution is -2.37. The summed E-state index contributed by atoms with van der Waals surface area (Å²) >= 11 is 0. The average Bonchev–Trinajstić information content (AvgIpc) is 2.37. The van der Waals surface area contributed by atoms with Crippen LogP contribution in [0.15, 0.2) is 18.3 Å². The standard InChI is InChI=1S/C12H15F3N2O3/c1-2-20-11(19)9-4-3-5-16-10(9)17(6-7-18)8-12(13,14)15/h3-5,18H,2,6-8H2,1H3. The number of anilines is 1. The van der Waals surface area contributed by atoms with Gasteiger partial charge in [0.15, 0.2) is 0 Å². The zero-order chi connectivity index (χ0) is 15.2. The van der Waals surface area contributed by atoms with Gasteiger partial charge in [-0.05, 0) is 19.1 Å². The number of rotatable bonds is 6. The highest BCUT2D eigenvalue weighted by atomic mass is 19.4. The van der Waals surface area contributed by atoms with Gasteiger partial charge in [0.05, 0.1) is 13.2 Å². The van der Waals surface area contributed by atoms with Gasteiger partial charge in [-0.15, -0.1) is 0 Å². The smallest absolute Gasteiger partial charge is 0.405 e. The predicted octanol–water partition coefficient (Wildman–Crippen LogP) is 1.62. The quantitative estimate of drug-likeness (QED) is 0.807. The van der Waals surface area contributed by atoms with Gasteiger partial charge in [0.25, 0.3) is 0 Å². The number of aromatic nitrogens is 1. The number of alkyl halides is 3. The molecule has 8 heteroatoms. The van der Waals surface area contributed by atoms with E-state index in [2.05, 4.69) is 4.98 Å². The minimum atomic E-state index is -4.47. The molecule has 1 N–H and O–H groups in total. The van der Waals surface area contributed by atoms with Gasteiger partial charge in [-0.2, -0.15) is 13.2 Å². The minimum Gasteiger partial charge on any atom is -0.462 e. The van der Waals surface area contributed by atoms with Crippen LogP contribution in [-0.2, 0) is 4.74 Å². The van der Waals surface area contributed by atoms with E-state index in [0.717, 1.165) is 4.90 Å². The van der Waals surface area contributed by atoms with Gasteiger partial charge in [-0.1, -0.05) is 0 Å². The second-order valence-corrected chi connectivity index (χ2v) is 3.86. The van der Waals surface area contributed by atoms with Gasteiger partial charge in [-0.3, -0.25) is 0 Å². The number of hydrogen-bond acceptors (Lipinski definition) is 5. The highest BCUT2D eigenvalue weighted by molar-refractivity contribution is 5.94. The first-order valence-electron chi connectivity index (χ1n) is 5.93. The van der Waals surface area contributed by atoms with Gasteiger partial charge in [0.1, 0.15) is 17.9 Å². The maximum atomic E-state index is 12.5. The Balaban J connectivity index is 3.09. The van der Waals surface area contributed by atoms with E-state index >= 15 is 0 Å². The van der Waals surface area contributed by atoms with Crippen LogP contribution >= 0.6 is 0 Å². The Labute approximate surface area is 114 Å². The Morgan fingerprint density at radius 3 is 2.75 bits per heavy atom. The molecule has 0 fully saturated rings. The van der Waals surface area contributed by atoms with Crippen LogP contribution < -0.4 is 4.90 Å². The maximum absolute atomic E-state index is 12.5. The van der Waals surface area contributed by atoms with Crippen LogP contribution in [0.5, 0.6) is 0 Å². The average molecular weight is 292 g/mol. The van der Waals surface area contributed by atoms with E-state index in [0.29, 0.717) is 0 Å². The van der Waals surface area contributed by atoms with Crippen molar-refractivity contribution < 1.29 is 27.8 Å². The Morgan fingerprint density at radius 2 is 2.20 bits per heavy atom. The lowest BCUT2D eigenvalue weighted by atomic mass is 10.2. The number of aliphatic hydroxyl groups excluding tert-OH is 1. The van der Waals surface area contributed by atoms with Crippen LogP contribution in [0.25, 0.3) is 0 Å². The van der Waals surface area contributed by atoms with Gasteiger partial charge in [0, 0.05) is 12.7 Å². The van der Waals surface area contributed by atoms with Crippen LogP contribution in [0.4, 0.5) is 19.0 Å². The molecule has 0 saturated heterocycles. The zero-order valence-corrected chi connectivity index (χ0v) is 10.9. The largest absolute Gasteiger partial charge is 0.462 e. The molecular weight excluding hydrogens is 277 g/mol. The van der Waals surface area contributed by atoms with Gasteiger partial charge in [0.2, 0.25) is 0 Å². The van der Waals surface area contributed by atoms with Crippen LogP contribution in [0.3, 0.4) is 0 Å². The molecule has 0 aliphatic carbocycles. The molecule has 1 heterocycles. The number of carbonyl (C=O) groups is 1. The molecule has 0 saturated carbocycles. The highest BCUT2D eigenvalue weighted by Crippen LogP contribution is 2.23. The van der Waals surface area contributed by atoms with Crippen molar-refractivity contribution in [3.05, 3.63) is 23.9 Å². The Bertz CT molecular complexity index is 452. The molecule has 1 aromatic rings. The second kappa shape index (κ2) is 7.09. The number of halogens is 3. The Kier molecular flexibility index (Phi) is 5.75. The summed E-state index contributed by atoms with van der Waals surface area (Å²) in [7, 11) is 0. The Hall–Kier alpha value is -1.83. The first-order chi connectivity index (χ1) is 9.39. The van der Waals surface area contributed by atoms with Gasteiger partial charge in [-0.25, -0.2) is 9.78 Å². The lowest BCUT2D eigenvalue weighted by Gasteiger charge is -2.25. The molecule has 0 unspecified atom stereocenters. The summed E-state index contributed by atoms with van der Waals surface area (Å²) in [5.74, 6) is -0.905. The maximum Gasteiger partial charge on any atom is 0.405 e. The third kappa shape index (κ3) is 4.69. The molecule has 0 aromatic carbocycles. The van der Waals surface area contributed by atoms with Crippen molar-refractivity contribution >= 4 is 11.8 Å². The molecule has 112 valence electrons. The Morgan fingerprint density at radius 1 is 1.50 bits per heavy atom. The van der Waals surface area contributed by atoms with Crippen molar-refractivity contribution in [2.45, 2.75) is 13.1 Å².